The van der Waals surface area contributed by atoms with Crippen molar-refractivity contribution in [2.24, 2.45) is 58.4 Å². The second-order valence-electron chi connectivity index (χ2n) is 31.8. The van der Waals surface area contributed by atoms with E-state index < -0.39 is 247 Å². The van der Waals surface area contributed by atoms with Crippen LogP contribution in [0.4, 0.5) is 0 Å². The maximum Gasteiger partial charge on any atom is 0.305 e. The molecule has 0 fully saturated rings. The minimum absolute atomic E-state index is 0.0238. The number of primary amides is 1. The molecule has 42 heteroatoms. The number of aromatic nitrogens is 2. The van der Waals surface area contributed by atoms with Gasteiger partial charge in [-0.2, -0.15) is 0 Å². The van der Waals surface area contributed by atoms with Crippen LogP contribution in [0.3, 0.4) is 0 Å². The topological polar surface area (TPSA) is 673 Å². The molecule has 0 saturated carbocycles. The third-order valence-electron chi connectivity index (χ3n) is 20.9. The predicted octanol–water partition coefficient (Wildman–Crippen LogP) is -4.69. The molecule has 0 aliphatic rings. The fraction of sp³-hybridized carbons (Fsp3) is 0.667. The lowest BCUT2D eigenvalue weighted by Gasteiger charge is -2.31. The Morgan fingerprint density at radius 1 is 0.398 bits per heavy atom. The van der Waals surface area contributed by atoms with Gasteiger partial charge in [-0.15, -0.1) is 0 Å². The van der Waals surface area contributed by atoms with Gasteiger partial charge in [0.05, 0.1) is 39.0 Å². The lowest BCUT2D eigenvalue weighted by atomic mass is 9.95. The highest BCUT2D eigenvalue weighted by Gasteiger charge is 2.40. The highest BCUT2D eigenvalue weighted by atomic mass is 16.4. The van der Waals surface area contributed by atoms with E-state index in [-0.39, 0.29) is 76.3 Å². The van der Waals surface area contributed by atoms with Crippen LogP contribution in [0.25, 0.3) is 0 Å². The molecular weight excluding hydrogens is 1600 g/mol. The molecule has 1 aromatic carbocycles. The van der Waals surface area contributed by atoms with Crippen molar-refractivity contribution in [2.45, 2.75) is 271 Å². The average molecular weight is 1740 g/mol. The summed E-state index contributed by atoms with van der Waals surface area (Å²) in [5.41, 5.74) is 23.6. The molecule has 123 heavy (non-hydrogen) atoms. The van der Waals surface area contributed by atoms with Crippen molar-refractivity contribution in [3.05, 3.63) is 54.1 Å². The predicted molar refractivity (Wildman–Crippen MR) is 452 cm³/mol. The summed E-state index contributed by atoms with van der Waals surface area (Å²) in [6.45, 7) is 20.5. The first-order valence-corrected chi connectivity index (χ1v) is 42.1. The summed E-state index contributed by atoms with van der Waals surface area (Å²) in [5.74, 6) is -19.4. The Bertz CT molecular complexity index is 3800. The molecule has 1 aromatic heterocycles. The number of nitrogens with two attached hydrogens (primary N) is 4. The fourth-order valence-corrected chi connectivity index (χ4v) is 12.5. The molecule has 0 bridgehead atoms. The van der Waals surface area contributed by atoms with E-state index in [4.69, 9.17) is 22.9 Å². The summed E-state index contributed by atoms with van der Waals surface area (Å²) in [6.07, 6.45) is 4.12. The quantitative estimate of drug-likeness (QED) is 0.0277. The number of aliphatic hydroxyl groups excluding tert-OH is 1. The number of carboxylic acids is 1. The summed E-state index contributed by atoms with van der Waals surface area (Å²) in [5, 5.41) is 60.6. The number of imidazole rings is 1. The number of carbonyl (C=O) groups is 18. The Morgan fingerprint density at radius 3 is 1.19 bits per heavy atom. The Balaban J connectivity index is 2.35. The third-order valence-corrected chi connectivity index (χ3v) is 20.9. The number of aliphatic hydroxyl groups is 1. The molecule has 0 unspecified atom stereocenters. The molecule has 0 aliphatic heterocycles. The van der Waals surface area contributed by atoms with Gasteiger partial charge in [-0.25, -0.2) is 4.98 Å². The van der Waals surface area contributed by atoms with Crippen LogP contribution in [0, 0.1) is 35.5 Å². The number of hydrogen-bond donors (Lipinski definition) is 23. The SMILES string of the molecule is CC[C@H](C)[C@H](NC(=O)[C@H](CO)NC(=O)CNC(=O)[C@H](C)NC(=O)[C@@H](NC(=O)[C@H](Cc1cnc[nH]1)NC(=O)CNC(=O)[C@H](C)NC(=O)[C@@H](NC(=O)[C@H](CCCCN)NC(=O)[C@H](CCCCN)NC(=O)[C@@H](NC(=O)[C@@H](NC(=O)[C@H](CC(=O)O)NC(=O)[C@H](Cc1ccccc1)NC(=O)[C@H](CC(C)C)NC(=O)CN)[C@@H](C)CC)C(C)C)[C@@H](C)CC)[C@@H](C)CC)C(N)=O. The van der Waals surface area contributed by atoms with Gasteiger partial charge in [0.1, 0.15) is 84.6 Å². The van der Waals surface area contributed by atoms with Gasteiger partial charge < -0.3 is 123 Å². The molecule has 0 aliphatic carbocycles. The molecule has 0 spiro atoms. The van der Waals surface area contributed by atoms with Gasteiger partial charge in [0, 0.05) is 24.7 Å². The minimum atomic E-state index is -1.84. The second kappa shape index (κ2) is 56.4. The standard InChI is InChI=1S/C81H136N22O20/c1-15-44(9)64(68(85)110)100-77(119)58(40-104)94-61(107)39-88-70(112)49(14)91-80(122)66(46(11)17-3)102-75(117)56(34-51-37-86-41-89-51)93-60(106)38-87-69(111)48(13)90-79(121)65(45(10)16-2)101-72(114)53(29-23-25-31-83)95-71(113)52(28-22-24-30-82)96-78(120)63(43(7)8)99-81(123)67(47(12)18-4)103-76(118)57(35-62(108)109)98-74(116)55(33-50-26-20-19-21-27-50)97-73(115)54(32-42(5)6)92-59(105)36-84/h19-21,26-27,37,41-49,52-58,63-67,104H,15-18,22-25,28-36,38-40,82-84H2,1-14H3,(H2,85,110)(H,86,89)(H,87,111)(H,88,112)(H,90,121)(H,91,122)(H,92,105)(H,93,106)(H,94,107)(H,95,113)(H,96,120)(H,97,115)(H,98,116)(H,99,123)(H,100,119)(H,101,114)(H,102,117)(H,103,118)(H,108,109)/t44-,45-,46-,47-,48-,49-,52-,53-,54-,55-,56-,57-,58-,63-,64-,65-,66-,67-/m0/s1. The van der Waals surface area contributed by atoms with Gasteiger partial charge in [-0.3, -0.25) is 86.3 Å². The van der Waals surface area contributed by atoms with Crippen molar-refractivity contribution in [3.63, 3.8) is 0 Å². The van der Waals surface area contributed by atoms with Crippen LogP contribution in [0.5, 0.6) is 0 Å². The second-order valence-corrected chi connectivity index (χ2v) is 31.8. The molecular formula is C81H136N22O20. The summed E-state index contributed by atoms with van der Waals surface area (Å²) in [7, 11) is 0. The number of unbranched alkanes of at least 4 members (excludes halogenated alkanes) is 2. The van der Waals surface area contributed by atoms with Crippen LogP contribution < -0.4 is 108 Å². The number of aliphatic carboxylic acids is 1. The highest BCUT2D eigenvalue weighted by Crippen LogP contribution is 2.18. The van der Waals surface area contributed by atoms with Crippen LogP contribution in [0.1, 0.15) is 185 Å². The van der Waals surface area contributed by atoms with E-state index in [0.29, 0.717) is 43.4 Å². The number of aromatic amines is 1. The zero-order valence-electron chi connectivity index (χ0n) is 73.2. The fourth-order valence-electron chi connectivity index (χ4n) is 12.5. The molecule has 690 valence electrons. The lowest BCUT2D eigenvalue weighted by molar-refractivity contribution is -0.142. The Kier molecular flexibility index (Phi) is 49.4. The van der Waals surface area contributed by atoms with Crippen molar-refractivity contribution in [1.29, 1.82) is 0 Å². The smallest absolute Gasteiger partial charge is 0.305 e. The summed E-state index contributed by atoms with van der Waals surface area (Å²) >= 11 is 0. The van der Waals surface area contributed by atoms with E-state index in [1.807, 2.05) is 13.8 Å². The van der Waals surface area contributed by atoms with Crippen molar-refractivity contribution in [3.8, 4) is 0 Å². The molecule has 27 N–H and O–H groups in total. The average Bonchev–Trinajstić information content (AvgIpc) is 1.46. The van der Waals surface area contributed by atoms with Gasteiger partial charge in [0.15, 0.2) is 0 Å². The number of amides is 17. The van der Waals surface area contributed by atoms with Crippen LogP contribution in [0.15, 0.2) is 42.9 Å². The van der Waals surface area contributed by atoms with E-state index >= 15 is 0 Å². The molecule has 0 radical (unpaired) electrons. The van der Waals surface area contributed by atoms with Gasteiger partial charge in [0.2, 0.25) is 100 Å². The van der Waals surface area contributed by atoms with E-state index in [1.165, 1.54) is 26.4 Å². The largest absolute Gasteiger partial charge is 0.481 e. The van der Waals surface area contributed by atoms with Crippen LogP contribution in [-0.4, -0.2) is 250 Å². The number of benzene rings is 1. The molecule has 2 rings (SSSR count). The van der Waals surface area contributed by atoms with Gasteiger partial charge in [-0.05, 0) is 113 Å². The van der Waals surface area contributed by atoms with E-state index in [9.17, 15) is 96.5 Å². The molecule has 42 nitrogen and oxygen atoms in total. The van der Waals surface area contributed by atoms with Gasteiger partial charge >= 0.3 is 5.97 Å². The molecule has 17 amide bonds. The number of nitrogens with one attached hydrogen (secondary N) is 17. The zero-order chi connectivity index (χ0) is 92.9. The number of nitrogens with zero attached hydrogens (tertiary/aromatic N) is 1. The van der Waals surface area contributed by atoms with E-state index in [0.717, 1.165) is 0 Å². The molecule has 2 aromatic rings. The first kappa shape index (κ1) is 108. The van der Waals surface area contributed by atoms with Crippen molar-refractivity contribution < 1.29 is 96.5 Å². The van der Waals surface area contributed by atoms with Crippen molar-refractivity contribution in [2.75, 3.05) is 39.3 Å². The number of H-pyrrole nitrogens is 1. The maximum atomic E-state index is 14.6. The molecule has 0 saturated heterocycles. The Labute approximate surface area is 718 Å². The van der Waals surface area contributed by atoms with E-state index in [1.54, 1.807) is 99.6 Å². The zero-order valence-corrected chi connectivity index (χ0v) is 73.2. The Morgan fingerprint density at radius 2 is 0.764 bits per heavy atom. The number of rotatable bonds is 59. The highest BCUT2D eigenvalue weighted by molar-refractivity contribution is 6.01. The normalized spacial score (nSPS) is 15.6. The number of hydrogen-bond acceptors (Lipinski definition) is 23. The van der Waals surface area contributed by atoms with Crippen molar-refractivity contribution in [1.82, 2.24) is 95.0 Å². The minimum Gasteiger partial charge on any atom is -0.481 e. The molecule has 1 heterocycles. The van der Waals surface area contributed by atoms with Crippen LogP contribution in [0.2, 0.25) is 0 Å². The Hall–Kier alpha value is -11.3. The lowest BCUT2D eigenvalue weighted by Crippen LogP contribution is -2.62. The first-order valence-electron chi connectivity index (χ1n) is 42.1. The summed E-state index contributed by atoms with van der Waals surface area (Å²) < 4.78 is 0. The van der Waals surface area contributed by atoms with Gasteiger partial charge in [-0.1, -0.05) is 139 Å². The van der Waals surface area contributed by atoms with Crippen molar-refractivity contribution >= 4 is 106 Å². The summed E-state index contributed by atoms with van der Waals surface area (Å²) in [4.78, 5) is 253. The summed E-state index contributed by atoms with van der Waals surface area (Å²) in [6, 6.07) is -11.0. The third kappa shape index (κ3) is 38.8. The van der Waals surface area contributed by atoms with Crippen LogP contribution >= 0.6 is 0 Å². The monoisotopic (exact) mass is 1740 g/mol. The first-order chi connectivity index (χ1) is 58.0. The van der Waals surface area contributed by atoms with E-state index in [2.05, 4.69) is 95.0 Å². The van der Waals surface area contributed by atoms with Gasteiger partial charge in [0.25, 0.3) is 0 Å². The number of carbonyl (C=O) groups excluding carboxylic acids is 17. The molecule has 18 atom stereocenters. The maximum absolute atomic E-state index is 14.6. The van der Waals surface area contributed by atoms with Crippen LogP contribution in [-0.2, 0) is 99.1 Å². The number of carboxylic acid groups (broad SMARTS) is 1.